The van der Waals surface area contributed by atoms with E-state index in [1.54, 1.807) is 4.90 Å². The van der Waals surface area contributed by atoms with Gasteiger partial charge in [0, 0.05) is 54.7 Å². The number of rotatable bonds is 2. The first kappa shape index (κ1) is 17.5. The van der Waals surface area contributed by atoms with Gasteiger partial charge >= 0.3 is 0 Å². The molecule has 106 valence electrons. The van der Waals surface area contributed by atoms with Crippen molar-refractivity contribution in [3.05, 3.63) is 0 Å². The van der Waals surface area contributed by atoms with Crippen LogP contribution in [0.4, 0.5) is 0 Å². The molecule has 1 aliphatic heterocycles. The van der Waals surface area contributed by atoms with E-state index >= 15 is 0 Å². The number of hydrogen-bond donors (Lipinski definition) is 0. The summed E-state index contributed by atoms with van der Waals surface area (Å²) in [4.78, 5) is 22.0. The molecule has 1 saturated heterocycles. The summed E-state index contributed by atoms with van der Waals surface area (Å²) in [5, 5.41) is 0. The molecular weight excluding hydrogens is 343 g/mol. The average molecular weight is 368 g/mol. The van der Waals surface area contributed by atoms with E-state index in [9.17, 15) is 4.79 Å². The third kappa shape index (κ3) is 4.99. The Morgan fingerprint density at radius 2 is 1.89 bits per heavy atom. The monoisotopic (exact) mass is 368 g/mol. The number of guanidine groups is 1. The molecule has 0 N–H and O–H groups in total. The Labute approximate surface area is 127 Å². The standard InChI is InChI=1S/C12H24N4O.HI/c1-14(2)12(15(3)4)13-9-10-6-7-16(5)11(17)8-10;/h10H,6-9H2,1-5H3;1H. The summed E-state index contributed by atoms with van der Waals surface area (Å²) >= 11 is 0. The number of hydrogen-bond acceptors (Lipinski definition) is 2. The second kappa shape index (κ2) is 7.81. The van der Waals surface area contributed by atoms with Crippen LogP contribution in [-0.4, -0.2) is 74.9 Å². The van der Waals surface area contributed by atoms with Crippen molar-refractivity contribution in [2.75, 3.05) is 48.3 Å². The highest BCUT2D eigenvalue weighted by atomic mass is 127. The maximum Gasteiger partial charge on any atom is 0.222 e. The number of carbonyl (C=O) groups excluding carboxylic acids is 1. The van der Waals surface area contributed by atoms with E-state index < -0.39 is 0 Å². The first-order valence-electron chi connectivity index (χ1n) is 6.05. The minimum Gasteiger partial charge on any atom is -0.349 e. The van der Waals surface area contributed by atoms with Crippen LogP contribution in [0.15, 0.2) is 4.99 Å². The molecule has 18 heavy (non-hydrogen) atoms. The quantitative estimate of drug-likeness (QED) is 0.414. The summed E-state index contributed by atoms with van der Waals surface area (Å²) in [5.41, 5.74) is 0. The molecule has 0 aromatic heterocycles. The van der Waals surface area contributed by atoms with Crippen molar-refractivity contribution in [1.29, 1.82) is 0 Å². The van der Waals surface area contributed by atoms with E-state index in [1.807, 2.05) is 45.0 Å². The smallest absolute Gasteiger partial charge is 0.222 e. The normalized spacial score (nSPS) is 19.1. The lowest BCUT2D eigenvalue weighted by Gasteiger charge is -2.29. The molecule has 1 heterocycles. The molecule has 1 unspecified atom stereocenters. The van der Waals surface area contributed by atoms with Gasteiger partial charge in [0.1, 0.15) is 0 Å². The molecule has 0 aromatic carbocycles. The Kier molecular flexibility index (Phi) is 7.58. The van der Waals surface area contributed by atoms with E-state index in [4.69, 9.17) is 0 Å². The minimum atomic E-state index is 0. The summed E-state index contributed by atoms with van der Waals surface area (Å²) in [6.07, 6.45) is 1.69. The van der Waals surface area contributed by atoms with E-state index in [0.717, 1.165) is 25.5 Å². The Hall–Kier alpha value is -0.530. The van der Waals surface area contributed by atoms with Crippen molar-refractivity contribution in [1.82, 2.24) is 14.7 Å². The summed E-state index contributed by atoms with van der Waals surface area (Å²) in [7, 11) is 9.81. The van der Waals surface area contributed by atoms with E-state index in [-0.39, 0.29) is 29.9 Å². The van der Waals surface area contributed by atoms with Crippen LogP contribution in [0.25, 0.3) is 0 Å². The highest BCUT2D eigenvalue weighted by Crippen LogP contribution is 2.17. The highest BCUT2D eigenvalue weighted by molar-refractivity contribution is 14.0. The summed E-state index contributed by atoms with van der Waals surface area (Å²) in [5.74, 6) is 1.60. The molecule has 5 nitrogen and oxygen atoms in total. The average Bonchev–Trinajstić information content (AvgIpc) is 2.22. The van der Waals surface area contributed by atoms with E-state index in [0.29, 0.717) is 12.3 Å². The van der Waals surface area contributed by atoms with Gasteiger partial charge in [0.15, 0.2) is 5.96 Å². The zero-order valence-electron chi connectivity index (χ0n) is 12.0. The molecule has 0 aliphatic carbocycles. The highest BCUT2D eigenvalue weighted by Gasteiger charge is 2.23. The van der Waals surface area contributed by atoms with E-state index in [1.165, 1.54) is 0 Å². The van der Waals surface area contributed by atoms with Crippen LogP contribution < -0.4 is 0 Å². The zero-order valence-corrected chi connectivity index (χ0v) is 14.3. The molecule has 0 radical (unpaired) electrons. The number of halogens is 1. The number of likely N-dealkylation sites (tertiary alicyclic amines) is 1. The molecule has 0 saturated carbocycles. The maximum absolute atomic E-state index is 11.6. The van der Waals surface area contributed by atoms with Crippen LogP contribution in [0, 0.1) is 5.92 Å². The number of aliphatic imine (C=N–C) groups is 1. The third-order valence-corrected chi connectivity index (χ3v) is 3.05. The van der Waals surface area contributed by atoms with Crippen LogP contribution in [0.1, 0.15) is 12.8 Å². The van der Waals surface area contributed by atoms with Crippen molar-refractivity contribution in [2.45, 2.75) is 12.8 Å². The number of piperidine rings is 1. The number of carbonyl (C=O) groups is 1. The van der Waals surface area contributed by atoms with Crippen LogP contribution in [0.5, 0.6) is 0 Å². The second-order valence-corrected chi connectivity index (χ2v) is 5.10. The van der Waals surface area contributed by atoms with Crippen molar-refractivity contribution >= 4 is 35.8 Å². The van der Waals surface area contributed by atoms with Gasteiger partial charge in [-0.3, -0.25) is 9.79 Å². The zero-order chi connectivity index (χ0) is 13.0. The predicted molar refractivity (Wildman–Crippen MR) is 85.5 cm³/mol. The lowest BCUT2D eigenvalue weighted by molar-refractivity contribution is -0.133. The SMILES string of the molecule is CN(C)C(=NCC1CCN(C)C(=O)C1)N(C)C.I. The summed E-state index contributed by atoms with van der Waals surface area (Å²) in [6, 6.07) is 0. The first-order valence-corrected chi connectivity index (χ1v) is 6.05. The molecule has 0 bridgehead atoms. The van der Waals surface area contributed by atoms with Crippen molar-refractivity contribution in [2.24, 2.45) is 10.9 Å². The predicted octanol–water partition coefficient (Wildman–Crippen LogP) is 0.952. The van der Waals surface area contributed by atoms with Gasteiger partial charge in [-0.2, -0.15) is 0 Å². The van der Waals surface area contributed by atoms with Crippen LogP contribution in [0.2, 0.25) is 0 Å². The van der Waals surface area contributed by atoms with Crippen molar-refractivity contribution < 1.29 is 4.79 Å². The van der Waals surface area contributed by atoms with Crippen molar-refractivity contribution in [3.8, 4) is 0 Å². The Morgan fingerprint density at radius 1 is 1.33 bits per heavy atom. The molecule has 1 atom stereocenters. The fourth-order valence-electron chi connectivity index (χ4n) is 2.06. The lowest BCUT2D eigenvalue weighted by atomic mass is 9.97. The fraction of sp³-hybridized carbons (Fsp3) is 0.833. The summed E-state index contributed by atoms with van der Waals surface area (Å²) < 4.78 is 0. The molecule has 0 aromatic rings. The molecule has 1 fully saturated rings. The molecular formula is C12H25IN4O. The van der Waals surface area contributed by atoms with Gasteiger partial charge in [-0.25, -0.2) is 0 Å². The minimum absolute atomic E-state index is 0. The third-order valence-electron chi connectivity index (χ3n) is 3.05. The molecule has 1 rings (SSSR count). The van der Waals surface area contributed by atoms with Gasteiger partial charge in [0.2, 0.25) is 5.91 Å². The van der Waals surface area contributed by atoms with Gasteiger partial charge in [0.05, 0.1) is 0 Å². The molecule has 0 spiro atoms. The molecule has 1 amide bonds. The molecule has 6 heteroatoms. The topological polar surface area (TPSA) is 39.1 Å². The Balaban J connectivity index is 0.00000289. The van der Waals surface area contributed by atoms with Gasteiger partial charge in [-0.1, -0.05) is 0 Å². The Bertz CT molecular complexity index is 294. The number of amides is 1. The van der Waals surface area contributed by atoms with Crippen LogP contribution in [-0.2, 0) is 4.79 Å². The second-order valence-electron chi connectivity index (χ2n) is 5.10. The van der Waals surface area contributed by atoms with Crippen LogP contribution >= 0.6 is 24.0 Å². The largest absolute Gasteiger partial charge is 0.349 e. The maximum atomic E-state index is 11.6. The Morgan fingerprint density at radius 3 is 2.33 bits per heavy atom. The van der Waals surface area contributed by atoms with Gasteiger partial charge in [-0.15, -0.1) is 24.0 Å². The van der Waals surface area contributed by atoms with Gasteiger partial charge in [0.25, 0.3) is 0 Å². The van der Waals surface area contributed by atoms with Crippen molar-refractivity contribution in [3.63, 3.8) is 0 Å². The van der Waals surface area contributed by atoms with E-state index in [2.05, 4.69) is 4.99 Å². The number of nitrogens with zero attached hydrogens (tertiary/aromatic N) is 4. The van der Waals surface area contributed by atoms with Gasteiger partial charge in [-0.05, 0) is 12.3 Å². The summed E-state index contributed by atoms with van der Waals surface area (Å²) in [6.45, 7) is 1.60. The van der Waals surface area contributed by atoms with Gasteiger partial charge < -0.3 is 14.7 Å². The first-order chi connectivity index (χ1) is 7.91. The molecule has 1 aliphatic rings. The fourth-order valence-corrected chi connectivity index (χ4v) is 2.06. The van der Waals surface area contributed by atoms with Crippen LogP contribution in [0.3, 0.4) is 0 Å². The lowest BCUT2D eigenvalue weighted by Crippen LogP contribution is -2.38.